The summed E-state index contributed by atoms with van der Waals surface area (Å²) < 4.78 is 0. The van der Waals surface area contributed by atoms with Crippen molar-refractivity contribution in [1.82, 2.24) is 19.8 Å². The van der Waals surface area contributed by atoms with Crippen LogP contribution in [0.3, 0.4) is 0 Å². The first-order chi connectivity index (χ1) is 16.6. The van der Waals surface area contributed by atoms with Gasteiger partial charge in [0.2, 0.25) is 5.95 Å². The van der Waals surface area contributed by atoms with Crippen molar-refractivity contribution < 1.29 is 5.11 Å². The van der Waals surface area contributed by atoms with Gasteiger partial charge in [-0.1, -0.05) is 51.1 Å². The molecule has 0 fully saturated rings. The van der Waals surface area contributed by atoms with E-state index in [1.165, 1.54) is 12.0 Å². The van der Waals surface area contributed by atoms with Gasteiger partial charge in [-0.2, -0.15) is 0 Å². The molecule has 182 valence electrons. The predicted molar refractivity (Wildman–Crippen MR) is 141 cm³/mol. The maximum absolute atomic E-state index is 9.42. The lowest BCUT2D eigenvalue weighted by Gasteiger charge is -2.23. The minimum absolute atomic E-state index is 0.289. The highest BCUT2D eigenvalue weighted by atomic mass is 16.3. The molecule has 0 spiro atoms. The average Bonchev–Trinajstić information content (AvgIpc) is 2.87. The van der Waals surface area contributed by atoms with Gasteiger partial charge in [0.25, 0.3) is 0 Å². The van der Waals surface area contributed by atoms with Crippen LogP contribution in [0.1, 0.15) is 38.3 Å². The van der Waals surface area contributed by atoms with Gasteiger partial charge in [-0.25, -0.2) is 9.97 Å². The third-order valence-electron chi connectivity index (χ3n) is 6.21. The molecular formula is C28H39N5O. The van der Waals surface area contributed by atoms with E-state index in [1.807, 2.05) is 24.4 Å². The summed E-state index contributed by atoms with van der Waals surface area (Å²) in [7, 11) is 0. The van der Waals surface area contributed by atoms with Crippen molar-refractivity contribution in [3.05, 3.63) is 71.9 Å². The zero-order chi connectivity index (χ0) is 24.2. The van der Waals surface area contributed by atoms with Gasteiger partial charge in [-0.3, -0.25) is 4.90 Å². The molecule has 0 atom stereocenters. The largest absolute Gasteiger partial charge is 0.508 e. The van der Waals surface area contributed by atoms with Crippen LogP contribution in [0.25, 0.3) is 11.3 Å². The highest BCUT2D eigenvalue weighted by Gasteiger charge is 2.08. The Morgan fingerprint density at radius 2 is 1.59 bits per heavy atom. The Kier molecular flexibility index (Phi) is 10.3. The van der Waals surface area contributed by atoms with Crippen LogP contribution in [-0.2, 0) is 13.0 Å². The van der Waals surface area contributed by atoms with Crippen LogP contribution in [0.2, 0.25) is 0 Å². The van der Waals surface area contributed by atoms with Crippen LogP contribution >= 0.6 is 0 Å². The van der Waals surface area contributed by atoms with Crippen LogP contribution in [0.15, 0.2) is 60.8 Å². The predicted octanol–water partition coefficient (Wildman–Crippen LogP) is 5.06. The molecule has 6 nitrogen and oxygen atoms in total. The number of phenolic OH excluding ortho intramolecular Hbond substituents is 1. The van der Waals surface area contributed by atoms with Gasteiger partial charge < -0.3 is 15.3 Å². The lowest BCUT2D eigenvalue weighted by molar-refractivity contribution is 0.238. The first-order valence-electron chi connectivity index (χ1n) is 12.5. The molecule has 3 rings (SSSR count). The minimum atomic E-state index is 0.289. The molecule has 1 heterocycles. The Balaban J connectivity index is 1.57. The number of phenols is 1. The zero-order valence-corrected chi connectivity index (χ0v) is 20.9. The summed E-state index contributed by atoms with van der Waals surface area (Å²) in [5.74, 6) is 0.921. The highest BCUT2D eigenvalue weighted by Crippen LogP contribution is 2.20. The molecule has 1 aromatic heterocycles. The monoisotopic (exact) mass is 461 g/mol. The lowest BCUT2D eigenvalue weighted by Crippen LogP contribution is -2.29. The summed E-state index contributed by atoms with van der Waals surface area (Å²) in [6, 6.07) is 17.9. The van der Waals surface area contributed by atoms with E-state index >= 15 is 0 Å². The Bertz CT molecular complexity index is 988. The number of aromatic hydroxyl groups is 1. The van der Waals surface area contributed by atoms with Crippen molar-refractivity contribution >= 4 is 5.95 Å². The Morgan fingerprint density at radius 1 is 0.853 bits per heavy atom. The zero-order valence-electron chi connectivity index (χ0n) is 20.9. The molecule has 2 aromatic carbocycles. The van der Waals surface area contributed by atoms with E-state index in [1.54, 1.807) is 12.1 Å². The molecule has 0 bridgehead atoms. The van der Waals surface area contributed by atoms with E-state index in [9.17, 15) is 5.11 Å². The maximum atomic E-state index is 9.42. The molecule has 2 N–H and O–H groups in total. The van der Waals surface area contributed by atoms with Crippen molar-refractivity contribution in [2.75, 3.05) is 44.6 Å². The summed E-state index contributed by atoms with van der Waals surface area (Å²) in [5, 5.41) is 12.7. The molecular weight excluding hydrogens is 422 g/mol. The molecule has 0 aliphatic carbocycles. The number of benzene rings is 2. The molecule has 34 heavy (non-hydrogen) atoms. The van der Waals surface area contributed by atoms with E-state index in [0.29, 0.717) is 5.95 Å². The van der Waals surface area contributed by atoms with Gasteiger partial charge >= 0.3 is 0 Å². The van der Waals surface area contributed by atoms with Crippen molar-refractivity contribution in [3.8, 4) is 17.0 Å². The Hall–Kier alpha value is -2.96. The van der Waals surface area contributed by atoms with Gasteiger partial charge in [0.1, 0.15) is 5.75 Å². The number of rotatable bonds is 14. The number of nitrogens with zero attached hydrogens (tertiary/aromatic N) is 4. The number of nitrogens with one attached hydrogen (secondary N) is 1. The quantitative estimate of drug-likeness (QED) is 0.350. The molecule has 6 heteroatoms. The molecule has 0 aliphatic heterocycles. The average molecular weight is 462 g/mol. The third kappa shape index (κ3) is 8.12. The van der Waals surface area contributed by atoms with Crippen LogP contribution < -0.4 is 5.32 Å². The van der Waals surface area contributed by atoms with Crippen molar-refractivity contribution in [2.24, 2.45) is 0 Å². The summed E-state index contributed by atoms with van der Waals surface area (Å²) in [4.78, 5) is 14.1. The normalized spacial score (nSPS) is 11.3. The fourth-order valence-corrected chi connectivity index (χ4v) is 4.08. The lowest BCUT2D eigenvalue weighted by atomic mass is 10.1. The van der Waals surface area contributed by atoms with Gasteiger partial charge in [-0.15, -0.1) is 0 Å². The summed E-state index contributed by atoms with van der Waals surface area (Å²) in [5.41, 5.74) is 4.50. The maximum Gasteiger partial charge on any atom is 0.223 e. The summed E-state index contributed by atoms with van der Waals surface area (Å²) >= 11 is 0. The molecule has 0 unspecified atom stereocenters. The standard InChI is InChI=1S/C28H39N5O/c1-4-32(5-2)19-8-20-33(6-3)22-24-9-7-10-25(21-24)27-16-18-30-28(31-27)29-17-15-23-11-13-26(34)14-12-23/h7,9-14,16,18,21,34H,4-6,8,15,17,19-20,22H2,1-3H3,(H,29,30,31). The smallest absolute Gasteiger partial charge is 0.223 e. The fourth-order valence-electron chi connectivity index (χ4n) is 4.08. The first kappa shape index (κ1) is 25.7. The Labute approximate surface area is 204 Å². The van der Waals surface area contributed by atoms with Crippen LogP contribution in [0, 0.1) is 0 Å². The van der Waals surface area contributed by atoms with Crippen LogP contribution in [-0.4, -0.2) is 64.1 Å². The van der Waals surface area contributed by atoms with E-state index in [4.69, 9.17) is 4.98 Å². The van der Waals surface area contributed by atoms with Gasteiger partial charge in [0.15, 0.2) is 0 Å². The molecule has 3 aromatic rings. The van der Waals surface area contributed by atoms with Gasteiger partial charge in [0, 0.05) is 24.8 Å². The van der Waals surface area contributed by atoms with E-state index in [0.717, 1.165) is 69.1 Å². The topological polar surface area (TPSA) is 64.5 Å². The van der Waals surface area contributed by atoms with Crippen molar-refractivity contribution in [2.45, 2.75) is 40.2 Å². The van der Waals surface area contributed by atoms with Crippen LogP contribution in [0.4, 0.5) is 5.95 Å². The second-order valence-electron chi connectivity index (χ2n) is 8.56. The summed E-state index contributed by atoms with van der Waals surface area (Å²) in [6.07, 6.45) is 3.84. The minimum Gasteiger partial charge on any atom is -0.508 e. The van der Waals surface area contributed by atoms with E-state index in [2.05, 4.69) is 65.1 Å². The van der Waals surface area contributed by atoms with E-state index < -0.39 is 0 Å². The second-order valence-corrected chi connectivity index (χ2v) is 8.56. The number of aromatic nitrogens is 2. The SMILES string of the molecule is CCN(CC)CCCN(CC)Cc1cccc(-c2ccnc(NCCc3ccc(O)cc3)n2)c1. The number of hydrogen-bond acceptors (Lipinski definition) is 6. The van der Waals surface area contributed by atoms with Gasteiger partial charge in [0.05, 0.1) is 5.69 Å². The number of anilines is 1. The molecule has 0 saturated carbocycles. The molecule has 0 saturated heterocycles. The third-order valence-corrected chi connectivity index (χ3v) is 6.21. The molecule has 0 radical (unpaired) electrons. The highest BCUT2D eigenvalue weighted by molar-refractivity contribution is 5.60. The molecule has 0 amide bonds. The van der Waals surface area contributed by atoms with Crippen molar-refractivity contribution in [3.63, 3.8) is 0 Å². The van der Waals surface area contributed by atoms with Crippen LogP contribution in [0.5, 0.6) is 5.75 Å². The Morgan fingerprint density at radius 3 is 2.32 bits per heavy atom. The van der Waals surface area contributed by atoms with Gasteiger partial charge in [-0.05, 0) is 81.0 Å². The first-order valence-corrected chi connectivity index (χ1v) is 12.5. The molecule has 0 aliphatic rings. The van der Waals surface area contributed by atoms with E-state index in [-0.39, 0.29) is 5.75 Å². The second kappa shape index (κ2) is 13.7. The van der Waals surface area contributed by atoms with Crippen molar-refractivity contribution in [1.29, 1.82) is 0 Å². The fraction of sp³-hybridized carbons (Fsp3) is 0.429. The number of hydrogen-bond donors (Lipinski definition) is 2. The summed E-state index contributed by atoms with van der Waals surface area (Å²) in [6.45, 7) is 13.9.